The molecule has 0 aliphatic carbocycles. The molecular formula is C43H26N2O2. The van der Waals surface area contributed by atoms with Crippen LogP contribution in [0.25, 0.3) is 94.2 Å². The van der Waals surface area contributed by atoms with Crippen molar-refractivity contribution in [3.63, 3.8) is 0 Å². The van der Waals surface area contributed by atoms with Crippen molar-refractivity contribution in [2.24, 2.45) is 0 Å². The van der Waals surface area contributed by atoms with E-state index in [1.165, 1.54) is 11.1 Å². The van der Waals surface area contributed by atoms with E-state index in [4.69, 9.17) is 13.8 Å². The minimum atomic E-state index is 0.780. The molecular weight excluding hydrogens is 576 g/mol. The highest BCUT2D eigenvalue weighted by atomic mass is 16.4. The van der Waals surface area contributed by atoms with Gasteiger partial charge in [-0.2, -0.15) is 0 Å². The van der Waals surface area contributed by atoms with Gasteiger partial charge in [-0.25, -0.2) is 4.98 Å². The molecule has 10 rings (SSSR count). The topological polar surface area (TPSA) is 44.1 Å². The van der Waals surface area contributed by atoms with E-state index in [1.807, 2.05) is 18.2 Å². The van der Waals surface area contributed by atoms with Gasteiger partial charge in [-0.15, -0.1) is 0 Å². The fourth-order valence-electron chi connectivity index (χ4n) is 6.93. The van der Waals surface area contributed by atoms with Crippen LogP contribution in [-0.4, -0.2) is 9.55 Å². The maximum Gasteiger partial charge on any atom is 0.178 e. The van der Waals surface area contributed by atoms with E-state index in [-0.39, 0.29) is 0 Å². The lowest BCUT2D eigenvalue weighted by molar-refractivity contribution is 0.633. The summed E-state index contributed by atoms with van der Waals surface area (Å²) in [6.07, 6.45) is 0. The highest BCUT2D eigenvalue weighted by Crippen LogP contribution is 2.41. The highest BCUT2D eigenvalue weighted by molar-refractivity contribution is 6.19. The maximum absolute atomic E-state index is 6.46. The monoisotopic (exact) mass is 602 g/mol. The SMILES string of the molecule is c1ccc(-c2ccc3oc4c(ccc5c6cc(-c7ccc(-n8c(-c9ccccc9)nc9ccccc98)cc7)ccc6oc54)c3c2)cc1. The Hall–Kier alpha value is -6.39. The summed E-state index contributed by atoms with van der Waals surface area (Å²) < 4.78 is 15.1. The number of hydrogen-bond donors (Lipinski definition) is 0. The second-order valence-electron chi connectivity index (χ2n) is 12.0. The molecule has 3 heterocycles. The van der Waals surface area contributed by atoms with Crippen LogP contribution >= 0.6 is 0 Å². The Kier molecular flexibility index (Phi) is 5.54. The van der Waals surface area contributed by atoms with Crippen molar-refractivity contribution in [2.75, 3.05) is 0 Å². The van der Waals surface area contributed by atoms with Crippen molar-refractivity contribution in [2.45, 2.75) is 0 Å². The average molecular weight is 603 g/mol. The van der Waals surface area contributed by atoms with Crippen LogP contribution in [0.4, 0.5) is 0 Å². The van der Waals surface area contributed by atoms with Crippen molar-refractivity contribution in [1.29, 1.82) is 0 Å². The van der Waals surface area contributed by atoms with Gasteiger partial charge < -0.3 is 8.83 Å². The number of furan rings is 2. The number of aromatic nitrogens is 2. The lowest BCUT2D eigenvalue weighted by Crippen LogP contribution is -1.97. The van der Waals surface area contributed by atoms with Crippen LogP contribution in [0.1, 0.15) is 0 Å². The molecule has 0 atom stereocenters. The summed E-state index contributed by atoms with van der Waals surface area (Å²) in [7, 11) is 0. The molecule has 220 valence electrons. The van der Waals surface area contributed by atoms with Gasteiger partial charge in [-0.3, -0.25) is 4.57 Å². The first-order valence-electron chi connectivity index (χ1n) is 15.8. The number of fused-ring (bicyclic) bond motifs is 8. The molecule has 0 saturated carbocycles. The van der Waals surface area contributed by atoms with Gasteiger partial charge in [-0.1, -0.05) is 97.1 Å². The van der Waals surface area contributed by atoms with E-state index in [1.54, 1.807) is 0 Å². The van der Waals surface area contributed by atoms with Crippen molar-refractivity contribution < 1.29 is 8.83 Å². The van der Waals surface area contributed by atoms with Crippen LogP contribution in [0.15, 0.2) is 167 Å². The van der Waals surface area contributed by atoms with Crippen LogP contribution in [-0.2, 0) is 0 Å². The van der Waals surface area contributed by atoms with Crippen molar-refractivity contribution in [3.05, 3.63) is 158 Å². The molecule has 0 unspecified atom stereocenters. The summed E-state index contributed by atoms with van der Waals surface area (Å²) in [4.78, 5) is 5.00. The zero-order valence-electron chi connectivity index (χ0n) is 25.2. The van der Waals surface area contributed by atoms with E-state index in [0.29, 0.717) is 0 Å². The first kappa shape index (κ1) is 25.9. The van der Waals surface area contributed by atoms with E-state index in [2.05, 4.69) is 144 Å². The summed E-state index contributed by atoms with van der Waals surface area (Å²) in [6, 6.07) is 54.9. The Morgan fingerprint density at radius 2 is 0.915 bits per heavy atom. The first-order valence-corrected chi connectivity index (χ1v) is 15.8. The average Bonchev–Trinajstić information content (AvgIpc) is 3.83. The fourth-order valence-corrected chi connectivity index (χ4v) is 6.93. The van der Waals surface area contributed by atoms with Crippen LogP contribution in [0.2, 0.25) is 0 Å². The van der Waals surface area contributed by atoms with Crippen LogP contribution in [0, 0.1) is 0 Å². The van der Waals surface area contributed by atoms with Crippen LogP contribution in [0.5, 0.6) is 0 Å². The molecule has 3 aromatic heterocycles. The molecule has 0 saturated heterocycles. The van der Waals surface area contributed by atoms with Crippen LogP contribution in [0.3, 0.4) is 0 Å². The maximum atomic E-state index is 6.46. The standard InChI is InChI=1S/C43H26N2O2/c1-3-9-27(10-4-1)30-17-23-39-35(25-30)33-21-22-34-36-26-31(18-24-40(36)47-42(34)41(33)46-39)28-15-19-32(20-16-28)45-38-14-8-7-13-37(38)44-43(45)29-11-5-2-6-12-29/h1-26H. The molecule has 0 aliphatic heterocycles. The Bertz CT molecular complexity index is 2770. The van der Waals surface area contributed by atoms with Gasteiger partial charge in [-0.05, 0) is 82.9 Å². The predicted octanol–water partition coefficient (Wildman–Crippen LogP) is 11.8. The lowest BCUT2D eigenvalue weighted by Gasteiger charge is -2.11. The summed E-state index contributed by atoms with van der Waals surface area (Å²) in [5.74, 6) is 0.930. The number of benzene rings is 7. The predicted molar refractivity (Wildman–Crippen MR) is 192 cm³/mol. The molecule has 0 bridgehead atoms. The number of imidazole rings is 1. The third-order valence-corrected chi connectivity index (χ3v) is 9.23. The molecule has 0 spiro atoms. The lowest BCUT2D eigenvalue weighted by atomic mass is 10.0. The van der Waals surface area contributed by atoms with E-state index >= 15 is 0 Å². The normalized spacial score (nSPS) is 11.8. The molecule has 4 heteroatoms. The third kappa shape index (κ3) is 4.05. The Labute approximate surface area is 269 Å². The zero-order valence-corrected chi connectivity index (χ0v) is 25.2. The van der Waals surface area contributed by atoms with Crippen LogP contribution < -0.4 is 0 Å². The molecule has 0 fully saturated rings. The molecule has 0 radical (unpaired) electrons. The smallest absolute Gasteiger partial charge is 0.178 e. The van der Waals surface area contributed by atoms with Gasteiger partial charge in [0.25, 0.3) is 0 Å². The summed E-state index contributed by atoms with van der Waals surface area (Å²) in [5.41, 5.74) is 12.1. The van der Waals surface area contributed by atoms with Crippen molar-refractivity contribution in [3.8, 4) is 39.3 Å². The second kappa shape index (κ2) is 10.1. The first-order chi connectivity index (χ1) is 23.3. The molecule has 4 nitrogen and oxygen atoms in total. The molecule has 0 N–H and O–H groups in total. The number of nitrogens with zero attached hydrogens (tertiary/aromatic N) is 2. The molecule has 10 aromatic rings. The summed E-state index contributed by atoms with van der Waals surface area (Å²) in [5, 5.41) is 4.26. The number of rotatable bonds is 4. The zero-order chi connectivity index (χ0) is 30.9. The molecule has 0 amide bonds. The van der Waals surface area contributed by atoms with E-state index in [0.717, 1.165) is 83.1 Å². The number of hydrogen-bond acceptors (Lipinski definition) is 3. The van der Waals surface area contributed by atoms with Gasteiger partial charge in [0.1, 0.15) is 17.0 Å². The van der Waals surface area contributed by atoms with E-state index < -0.39 is 0 Å². The van der Waals surface area contributed by atoms with Gasteiger partial charge >= 0.3 is 0 Å². The minimum Gasteiger partial charge on any atom is -0.452 e. The Balaban J connectivity index is 1.06. The van der Waals surface area contributed by atoms with Gasteiger partial charge in [0.05, 0.1) is 11.0 Å². The molecule has 7 aromatic carbocycles. The summed E-state index contributed by atoms with van der Waals surface area (Å²) in [6.45, 7) is 0. The minimum absolute atomic E-state index is 0.780. The molecule has 47 heavy (non-hydrogen) atoms. The fraction of sp³-hybridized carbons (Fsp3) is 0. The number of para-hydroxylation sites is 2. The van der Waals surface area contributed by atoms with Gasteiger partial charge in [0.15, 0.2) is 11.2 Å². The summed E-state index contributed by atoms with van der Waals surface area (Å²) >= 11 is 0. The quantitative estimate of drug-likeness (QED) is 0.201. The van der Waals surface area contributed by atoms with Crippen molar-refractivity contribution in [1.82, 2.24) is 9.55 Å². The molecule has 0 aliphatic rings. The largest absolute Gasteiger partial charge is 0.452 e. The highest BCUT2D eigenvalue weighted by Gasteiger charge is 2.18. The second-order valence-corrected chi connectivity index (χ2v) is 12.0. The van der Waals surface area contributed by atoms with E-state index in [9.17, 15) is 0 Å². The van der Waals surface area contributed by atoms with Gasteiger partial charge in [0.2, 0.25) is 0 Å². The van der Waals surface area contributed by atoms with Gasteiger partial charge in [0, 0.05) is 32.8 Å². The van der Waals surface area contributed by atoms with Crippen molar-refractivity contribution >= 4 is 54.9 Å². The Morgan fingerprint density at radius 3 is 1.53 bits per heavy atom. The Morgan fingerprint density at radius 1 is 0.404 bits per heavy atom. The third-order valence-electron chi connectivity index (χ3n) is 9.23.